The van der Waals surface area contributed by atoms with E-state index in [2.05, 4.69) is 33.0 Å². The van der Waals surface area contributed by atoms with Crippen LogP contribution in [0.2, 0.25) is 5.02 Å². The highest BCUT2D eigenvalue weighted by molar-refractivity contribution is 6.30. The lowest BCUT2D eigenvalue weighted by Crippen LogP contribution is -2.49. The number of rotatable bonds is 10. The van der Waals surface area contributed by atoms with Crippen LogP contribution in [0, 0.1) is 0 Å². The highest BCUT2D eigenvalue weighted by atomic mass is 35.5. The molecule has 0 heterocycles. The maximum atomic E-state index is 13.2. The van der Waals surface area contributed by atoms with E-state index in [0.29, 0.717) is 23.9 Å². The van der Waals surface area contributed by atoms with Crippen molar-refractivity contribution in [2.24, 2.45) is 0 Å². The summed E-state index contributed by atoms with van der Waals surface area (Å²) >= 11 is 6.00. The van der Waals surface area contributed by atoms with Gasteiger partial charge in [-0.3, -0.25) is 9.59 Å². The van der Waals surface area contributed by atoms with Crippen molar-refractivity contribution >= 4 is 23.4 Å². The van der Waals surface area contributed by atoms with Gasteiger partial charge < -0.3 is 15.0 Å². The average Bonchev–Trinajstić information content (AvgIpc) is 2.76. The molecule has 1 unspecified atom stereocenters. The minimum atomic E-state index is -0.628. The molecule has 174 valence electrons. The molecule has 0 radical (unpaired) electrons. The van der Waals surface area contributed by atoms with Crippen LogP contribution in [0.3, 0.4) is 0 Å². The van der Waals surface area contributed by atoms with E-state index in [-0.39, 0.29) is 23.8 Å². The third kappa shape index (κ3) is 7.56. The van der Waals surface area contributed by atoms with E-state index in [1.54, 1.807) is 24.0 Å². The largest absolute Gasteiger partial charge is 0.483 e. The summed E-state index contributed by atoms with van der Waals surface area (Å²) in [7, 11) is 0. The Hall–Kier alpha value is -2.53. The number of unbranched alkanes of at least 4 members (excludes halogenated alkanes) is 1. The molecule has 0 aliphatic rings. The lowest BCUT2D eigenvalue weighted by Gasteiger charge is -2.29. The molecule has 1 atom stereocenters. The van der Waals surface area contributed by atoms with Crippen LogP contribution in [0.25, 0.3) is 0 Å². The molecule has 0 bridgehead atoms. The van der Waals surface area contributed by atoms with E-state index in [0.717, 1.165) is 24.0 Å². The van der Waals surface area contributed by atoms with Gasteiger partial charge in [0.25, 0.3) is 5.91 Å². The molecule has 0 saturated heterocycles. The fourth-order valence-electron chi connectivity index (χ4n) is 3.34. The Labute approximate surface area is 197 Å². The SMILES string of the molecule is CCCCNC(=O)C(C)N(Cc1ccc(Cl)cc1)C(=O)COc1ccccc1C(C)(C)C. The molecule has 6 heteroatoms. The van der Waals surface area contributed by atoms with E-state index in [4.69, 9.17) is 16.3 Å². The number of carbonyl (C=O) groups excluding carboxylic acids is 2. The standard InChI is InChI=1S/C26H35ClN2O3/c1-6-7-16-28-25(31)19(2)29(17-20-12-14-21(27)15-13-20)24(30)18-32-23-11-9-8-10-22(23)26(3,4)5/h8-15,19H,6-7,16-18H2,1-5H3,(H,28,31). The maximum absolute atomic E-state index is 13.2. The molecular formula is C26H35ClN2O3. The van der Waals surface area contributed by atoms with Crippen molar-refractivity contribution in [3.8, 4) is 5.75 Å². The molecule has 2 aromatic carbocycles. The van der Waals surface area contributed by atoms with E-state index < -0.39 is 6.04 Å². The van der Waals surface area contributed by atoms with Gasteiger partial charge in [0.1, 0.15) is 11.8 Å². The van der Waals surface area contributed by atoms with E-state index in [1.165, 1.54) is 0 Å². The Balaban J connectivity index is 2.18. The number of benzene rings is 2. The van der Waals surface area contributed by atoms with Crippen molar-refractivity contribution < 1.29 is 14.3 Å². The summed E-state index contributed by atoms with van der Waals surface area (Å²) in [5, 5.41) is 3.55. The van der Waals surface area contributed by atoms with Gasteiger partial charge in [0.2, 0.25) is 5.91 Å². The minimum Gasteiger partial charge on any atom is -0.483 e. The third-order valence-electron chi connectivity index (χ3n) is 5.31. The van der Waals surface area contributed by atoms with Crippen LogP contribution in [-0.4, -0.2) is 35.9 Å². The highest BCUT2D eigenvalue weighted by Gasteiger charge is 2.27. The zero-order chi connectivity index (χ0) is 23.7. The number of nitrogens with one attached hydrogen (secondary N) is 1. The summed E-state index contributed by atoms with van der Waals surface area (Å²) in [6, 6.07) is 14.4. The maximum Gasteiger partial charge on any atom is 0.261 e. The predicted octanol–water partition coefficient (Wildman–Crippen LogP) is 5.35. The van der Waals surface area contributed by atoms with Crippen molar-refractivity contribution in [1.29, 1.82) is 0 Å². The second kappa shape index (κ2) is 11.9. The van der Waals surface area contributed by atoms with Gasteiger partial charge in [-0.1, -0.05) is 76.0 Å². The average molecular weight is 459 g/mol. The molecule has 0 spiro atoms. The number of ether oxygens (including phenoxy) is 1. The third-order valence-corrected chi connectivity index (χ3v) is 5.56. The van der Waals surface area contributed by atoms with Crippen LogP contribution in [0.4, 0.5) is 0 Å². The van der Waals surface area contributed by atoms with Crippen LogP contribution in [0.5, 0.6) is 5.75 Å². The van der Waals surface area contributed by atoms with Gasteiger partial charge in [0, 0.05) is 18.1 Å². The van der Waals surface area contributed by atoms with Crippen molar-refractivity contribution in [2.45, 2.75) is 65.5 Å². The molecule has 32 heavy (non-hydrogen) atoms. The molecule has 5 nitrogen and oxygen atoms in total. The van der Waals surface area contributed by atoms with Gasteiger partial charge >= 0.3 is 0 Å². The number of carbonyl (C=O) groups is 2. The summed E-state index contributed by atoms with van der Waals surface area (Å²) in [4.78, 5) is 27.5. The summed E-state index contributed by atoms with van der Waals surface area (Å²) in [5.74, 6) is 0.262. The lowest BCUT2D eigenvalue weighted by atomic mass is 9.86. The zero-order valence-corrected chi connectivity index (χ0v) is 20.5. The molecule has 0 aliphatic carbocycles. The van der Waals surface area contributed by atoms with Crippen molar-refractivity contribution in [2.75, 3.05) is 13.2 Å². The summed E-state index contributed by atoms with van der Waals surface area (Å²) in [6.45, 7) is 10.9. The number of hydrogen-bond donors (Lipinski definition) is 1. The predicted molar refractivity (Wildman–Crippen MR) is 130 cm³/mol. The highest BCUT2D eigenvalue weighted by Crippen LogP contribution is 2.31. The number of hydrogen-bond acceptors (Lipinski definition) is 3. The number of amides is 2. The molecular weight excluding hydrogens is 424 g/mol. The van der Waals surface area contributed by atoms with Gasteiger partial charge in [-0.05, 0) is 48.1 Å². The van der Waals surface area contributed by atoms with Crippen LogP contribution in [-0.2, 0) is 21.5 Å². The van der Waals surface area contributed by atoms with E-state index in [1.807, 2.05) is 36.4 Å². The second-order valence-electron chi connectivity index (χ2n) is 9.00. The Morgan fingerprint density at radius 3 is 2.38 bits per heavy atom. The first kappa shape index (κ1) is 25.7. The van der Waals surface area contributed by atoms with Gasteiger partial charge in [-0.2, -0.15) is 0 Å². The van der Waals surface area contributed by atoms with Gasteiger partial charge in [-0.15, -0.1) is 0 Å². The van der Waals surface area contributed by atoms with Gasteiger partial charge in [0.15, 0.2) is 6.61 Å². The van der Waals surface area contributed by atoms with Crippen LogP contribution in [0.15, 0.2) is 48.5 Å². The number of para-hydroxylation sites is 1. The second-order valence-corrected chi connectivity index (χ2v) is 9.44. The minimum absolute atomic E-state index is 0.116. The fraction of sp³-hybridized carbons (Fsp3) is 0.462. The first-order valence-electron chi connectivity index (χ1n) is 11.2. The Bertz CT molecular complexity index is 891. The summed E-state index contributed by atoms with van der Waals surface area (Å²) < 4.78 is 5.95. The van der Waals surface area contributed by atoms with E-state index in [9.17, 15) is 9.59 Å². The quantitative estimate of drug-likeness (QED) is 0.488. The molecule has 0 saturated carbocycles. The number of nitrogens with zero attached hydrogens (tertiary/aromatic N) is 1. The molecule has 2 rings (SSSR count). The molecule has 0 aliphatic heterocycles. The molecule has 2 aromatic rings. The van der Waals surface area contributed by atoms with Gasteiger partial charge in [0.05, 0.1) is 0 Å². The Morgan fingerprint density at radius 2 is 1.75 bits per heavy atom. The fourth-order valence-corrected chi connectivity index (χ4v) is 3.47. The Kier molecular flexibility index (Phi) is 9.58. The monoisotopic (exact) mass is 458 g/mol. The molecule has 0 aromatic heterocycles. The topological polar surface area (TPSA) is 58.6 Å². The normalized spacial score (nSPS) is 12.2. The summed E-state index contributed by atoms with van der Waals surface area (Å²) in [5.41, 5.74) is 1.81. The molecule has 2 amide bonds. The van der Waals surface area contributed by atoms with Crippen molar-refractivity contribution in [1.82, 2.24) is 10.2 Å². The van der Waals surface area contributed by atoms with Crippen LogP contribution < -0.4 is 10.1 Å². The molecule has 1 N–H and O–H groups in total. The number of halogens is 1. The van der Waals surface area contributed by atoms with E-state index >= 15 is 0 Å². The van der Waals surface area contributed by atoms with Crippen molar-refractivity contribution in [3.63, 3.8) is 0 Å². The van der Waals surface area contributed by atoms with Gasteiger partial charge in [-0.25, -0.2) is 0 Å². The Morgan fingerprint density at radius 1 is 1.09 bits per heavy atom. The summed E-state index contributed by atoms with van der Waals surface area (Å²) in [6.07, 6.45) is 1.89. The smallest absolute Gasteiger partial charge is 0.261 e. The first-order chi connectivity index (χ1) is 15.1. The lowest BCUT2D eigenvalue weighted by molar-refractivity contribution is -0.142. The van der Waals surface area contributed by atoms with Crippen molar-refractivity contribution in [3.05, 3.63) is 64.7 Å². The van der Waals surface area contributed by atoms with Crippen LogP contribution >= 0.6 is 11.6 Å². The first-order valence-corrected chi connectivity index (χ1v) is 11.5. The molecule has 0 fully saturated rings. The zero-order valence-electron chi connectivity index (χ0n) is 19.8. The van der Waals surface area contributed by atoms with Crippen LogP contribution in [0.1, 0.15) is 58.6 Å².